The molecule has 2 saturated heterocycles. The molecular formula is C15H21NO2. The number of benzene rings is 1. The van der Waals surface area contributed by atoms with Gasteiger partial charge in [-0.25, -0.2) is 0 Å². The summed E-state index contributed by atoms with van der Waals surface area (Å²) < 4.78 is 5.50. The lowest BCUT2D eigenvalue weighted by atomic mass is 9.98. The molecule has 2 aliphatic heterocycles. The average Bonchev–Trinajstić information content (AvgIpc) is 2.61. The van der Waals surface area contributed by atoms with Crippen LogP contribution in [0.4, 0.5) is 5.69 Å². The first-order valence-corrected chi connectivity index (χ1v) is 6.80. The summed E-state index contributed by atoms with van der Waals surface area (Å²) in [5.74, 6) is 0.953. The highest BCUT2D eigenvalue weighted by Gasteiger charge is 2.41. The zero-order chi connectivity index (χ0) is 12.7. The Balaban J connectivity index is 1.98. The molecule has 3 rings (SSSR count). The third kappa shape index (κ3) is 1.87. The number of hydrogen-bond donors (Lipinski definition) is 1. The van der Waals surface area contributed by atoms with E-state index in [1.165, 1.54) is 24.1 Å². The van der Waals surface area contributed by atoms with Crippen LogP contribution in [0.2, 0.25) is 0 Å². The molecule has 0 aromatic heterocycles. The van der Waals surface area contributed by atoms with Gasteiger partial charge in [0.1, 0.15) is 5.75 Å². The van der Waals surface area contributed by atoms with Gasteiger partial charge < -0.3 is 14.7 Å². The molecular weight excluding hydrogens is 226 g/mol. The molecule has 1 aromatic carbocycles. The van der Waals surface area contributed by atoms with Crippen molar-refractivity contribution in [1.82, 2.24) is 0 Å². The second-order valence-electron chi connectivity index (χ2n) is 5.59. The molecule has 1 N–H and O–H groups in total. The van der Waals surface area contributed by atoms with E-state index in [2.05, 4.69) is 30.0 Å². The summed E-state index contributed by atoms with van der Waals surface area (Å²) in [6.07, 6.45) is 4.06. The minimum Gasteiger partial charge on any atom is -0.495 e. The molecule has 2 heterocycles. The zero-order valence-corrected chi connectivity index (χ0v) is 11.1. The molecule has 2 fully saturated rings. The number of rotatable bonds is 2. The lowest BCUT2D eigenvalue weighted by Gasteiger charge is -2.39. The molecule has 2 aliphatic rings. The van der Waals surface area contributed by atoms with E-state index in [0.29, 0.717) is 12.1 Å². The third-order valence-corrected chi connectivity index (χ3v) is 4.32. The van der Waals surface area contributed by atoms with Gasteiger partial charge in [0.25, 0.3) is 0 Å². The van der Waals surface area contributed by atoms with Gasteiger partial charge in [0.15, 0.2) is 0 Å². The second kappa shape index (κ2) is 4.47. The Morgan fingerprint density at radius 1 is 1.22 bits per heavy atom. The summed E-state index contributed by atoms with van der Waals surface area (Å²) in [6, 6.07) is 7.31. The number of hydrogen-bond acceptors (Lipinski definition) is 3. The number of aliphatic hydroxyl groups is 1. The van der Waals surface area contributed by atoms with Crippen molar-refractivity contribution in [3.05, 3.63) is 23.8 Å². The lowest BCUT2D eigenvalue weighted by molar-refractivity contribution is 0.126. The molecule has 2 atom stereocenters. The predicted molar refractivity (Wildman–Crippen MR) is 72.3 cm³/mol. The Bertz CT molecular complexity index is 432. The lowest BCUT2D eigenvalue weighted by Crippen LogP contribution is -2.45. The maximum Gasteiger partial charge on any atom is 0.142 e. The molecule has 0 radical (unpaired) electrons. The van der Waals surface area contributed by atoms with Gasteiger partial charge in [-0.1, -0.05) is 6.07 Å². The van der Waals surface area contributed by atoms with Crippen molar-refractivity contribution >= 4 is 5.69 Å². The SMILES string of the molecule is COc1ccc(C)cc1N1C2CCC1CC(O)C2. The van der Waals surface area contributed by atoms with Crippen molar-refractivity contribution in [3.8, 4) is 5.75 Å². The second-order valence-corrected chi connectivity index (χ2v) is 5.59. The fraction of sp³-hybridized carbons (Fsp3) is 0.600. The summed E-state index contributed by atoms with van der Waals surface area (Å²) in [4.78, 5) is 2.48. The van der Waals surface area contributed by atoms with E-state index in [9.17, 15) is 5.11 Å². The third-order valence-electron chi connectivity index (χ3n) is 4.32. The molecule has 98 valence electrons. The van der Waals surface area contributed by atoms with Gasteiger partial charge in [-0.3, -0.25) is 0 Å². The number of methoxy groups -OCH3 is 1. The van der Waals surface area contributed by atoms with Crippen LogP contribution in [0.5, 0.6) is 5.75 Å². The molecule has 1 aromatic rings. The van der Waals surface area contributed by atoms with Crippen molar-refractivity contribution in [2.24, 2.45) is 0 Å². The van der Waals surface area contributed by atoms with Gasteiger partial charge in [0.2, 0.25) is 0 Å². The highest BCUT2D eigenvalue weighted by molar-refractivity contribution is 5.62. The topological polar surface area (TPSA) is 32.7 Å². The smallest absolute Gasteiger partial charge is 0.142 e. The van der Waals surface area contributed by atoms with Crippen LogP contribution < -0.4 is 9.64 Å². The van der Waals surface area contributed by atoms with Gasteiger partial charge in [0.05, 0.1) is 18.9 Å². The molecule has 3 nitrogen and oxygen atoms in total. The Morgan fingerprint density at radius 2 is 1.89 bits per heavy atom. The molecule has 0 saturated carbocycles. The van der Waals surface area contributed by atoms with E-state index in [1.807, 2.05) is 0 Å². The Morgan fingerprint density at radius 3 is 2.50 bits per heavy atom. The fourth-order valence-corrected chi connectivity index (χ4v) is 3.54. The van der Waals surface area contributed by atoms with E-state index < -0.39 is 0 Å². The minimum absolute atomic E-state index is 0.116. The van der Waals surface area contributed by atoms with Crippen LogP contribution in [0.15, 0.2) is 18.2 Å². The van der Waals surface area contributed by atoms with Crippen molar-refractivity contribution in [3.63, 3.8) is 0 Å². The highest BCUT2D eigenvalue weighted by Crippen LogP contribution is 2.43. The average molecular weight is 247 g/mol. The minimum atomic E-state index is -0.116. The summed E-state index contributed by atoms with van der Waals surface area (Å²) in [5.41, 5.74) is 2.47. The van der Waals surface area contributed by atoms with Gasteiger partial charge in [-0.2, -0.15) is 0 Å². The van der Waals surface area contributed by atoms with Crippen molar-refractivity contribution in [1.29, 1.82) is 0 Å². The number of aryl methyl sites for hydroxylation is 1. The van der Waals surface area contributed by atoms with Crippen LogP contribution >= 0.6 is 0 Å². The Labute approximate surface area is 108 Å². The maximum atomic E-state index is 9.88. The van der Waals surface area contributed by atoms with Crippen LogP contribution in [-0.4, -0.2) is 30.4 Å². The number of nitrogens with zero attached hydrogens (tertiary/aromatic N) is 1. The fourth-order valence-electron chi connectivity index (χ4n) is 3.54. The first-order chi connectivity index (χ1) is 8.69. The molecule has 3 heteroatoms. The Hall–Kier alpha value is -1.22. The van der Waals surface area contributed by atoms with E-state index in [1.54, 1.807) is 7.11 Å². The molecule has 18 heavy (non-hydrogen) atoms. The van der Waals surface area contributed by atoms with Crippen LogP contribution in [0.3, 0.4) is 0 Å². The van der Waals surface area contributed by atoms with E-state index in [0.717, 1.165) is 18.6 Å². The monoisotopic (exact) mass is 247 g/mol. The molecule has 2 unspecified atom stereocenters. The van der Waals surface area contributed by atoms with E-state index >= 15 is 0 Å². The summed E-state index contributed by atoms with van der Waals surface area (Å²) in [7, 11) is 1.73. The van der Waals surface area contributed by atoms with Gasteiger partial charge >= 0.3 is 0 Å². The van der Waals surface area contributed by atoms with E-state index in [-0.39, 0.29) is 6.10 Å². The maximum absolute atomic E-state index is 9.88. The molecule has 0 aliphatic carbocycles. The predicted octanol–water partition coefficient (Wildman–Crippen LogP) is 2.50. The van der Waals surface area contributed by atoms with Crippen LogP contribution in [-0.2, 0) is 0 Å². The summed E-state index contributed by atoms with van der Waals surface area (Å²) in [6.45, 7) is 2.11. The van der Waals surface area contributed by atoms with Crippen LogP contribution in [0, 0.1) is 6.92 Å². The van der Waals surface area contributed by atoms with Gasteiger partial charge in [-0.05, 0) is 50.3 Å². The van der Waals surface area contributed by atoms with Crippen molar-refractivity contribution in [2.45, 2.75) is 50.8 Å². The zero-order valence-electron chi connectivity index (χ0n) is 11.1. The van der Waals surface area contributed by atoms with Crippen molar-refractivity contribution < 1.29 is 9.84 Å². The standard InChI is InChI=1S/C15H21NO2/c1-10-3-6-15(18-2)14(7-10)16-11-4-5-12(16)9-13(17)8-11/h3,6-7,11-13,17H,4-5,8-9H2,1-2H3. The number of piperidine rings is 1. The van der Waals surface area contributed by atoms with E-state index in [4.69, 9.17) is 4.74 Å². The van der Waals surface area contributed by atoms with Crippen LogP contribution in [0.1, 0.15) is 31.2 Å². The number of anilines is 1. The summed E-state index contributed by atoms with van der Waals surface area (Å²) >= 11 is 0. The number of aliphatic hydroxyl groups excluding tert-OH is 1. The number of ether oxygens (including phenoxy) is 1. The highest BCUT2D eigenvalue weighted by atomic mass is 16.5. The molecule has 0 amide bonds. The quantitative estimate of drug-likeness (QED) is 0.871. The number of fused-ring (bicyclic) bond motifs is 2. The van der Waals surface area contributed by atoms with Gasteiger partial charge in [0, 0.05) is 12.1 Å². The van der Waals surface area contributed by atoms with Crippen LogP contribution in [0.25, 0.3) is 0 Å². The van der Waals surface area contributed by atoms with Gasteiger partial charge in [-0.15, -0.1) is 0 Å². The first kappa shape index (κ1) is 11.8. The van der Waals surface area contributed by atoms with Crippen molar-refractivity contribution in [2.75, 3.05) is 12.0 Å². The molecule has 2 bridgehead atoms. The largest absolute Gasteiger partial charge is 0.495 e. The summed E-state index contributed by atoms with van der Waals surface area (Å²) in [5, 5.41) is 9.88. The Kier molecular flexibility index (Phi) is 2.94. The normalized spacial score (nSPS) is 30.6. The molecule has 0 spiro atoms. The first-order valence-electron chi connectivity index (χ1n) is 6.80.